The molecular weight excluding hydrogens is 478 g/mol. The molecule has 0 saturated heterocycles. The molecule has 0 spiro atoms. The molecule has 14 N–H and O–H groups in total. The lowest BCUT2D eigenvalue weighted by Crippen LogP contribution is -2.59. The van der Waals surface area contributed by atoms with E-state index in [9.17, 15) is 33.9 Å². The second-order valence-electron chi connectivity index (χ2n) is 8.23. The van der Waals surface area contributed by atoms with Gasteiger partial charge in [-0.1, -0.05) is 20.3 Å². The monoisotopic (exact) mass is 515 g/mol. The minimum Gasteiger partial charge on any atom is -0.480 e. The van der Waals surface area contributed by atoms with Gasteiger partial charge in [-0.05, 0) is 18.8 Å². The van der Waals surface area contributed by atoms with Crippen LogP contribution in [0.1, 0.15) is 46.0 Å². The van der Waals surface area contributed by atoms with Crippen LogP contribution in [-0.2, 0) is 28.8 Å². The smallest absolute Gasteiger partial charge is 0.326 e. The molecular formula is C20H37N9O7. The van der Waals surface area contributed by atoms with Crippen molar-refractivity contribution in [3.63, 3.8) is 0 Å². The fraction of sp³-hybridized carbons (Fsp3) is 0.650. The van der Waals surface area contributed by atoms with Gasteiger partial charge in [-0.25, -0.2) is 4.79 Å². The molecule has 5 unspecified atom stereocenters. The van der Waals surface area contributed by atoms with Gasteiger partial charge in [0.15, 0.2) is 5.96 Å². The lowest BCUT2D eigenvalue weighted by atomic mass is 9.97. The van der Waals surface area contributed by atoms with Crippen molar-refractivity contribution < 1.29 is 33.9 Å². The topological polar surface area (TPSA) is 301 Å². The molecule has 0 aromatic rings. The van der Waals surface area contributed by atoms with Crippen molar-refractivity contribution in [1.82, 2.24) is 16.0 Å². The van der Waals surface area contributed by atoms with E-state index >= 15 is 0 Å². The van der Waals surface area contributed by atoms with Crippen LogP contribution in [0, 0.1) is 5.92 Å². The van der Waals surface area contributed by atoms with Gasteiger partial charge in [0.1, 0.15) is 18.1 Å². The Morgan fingerprint density at radius 3 is 1.86 bits per heavy atom. The molecule has 5 amide bonds. The van der Waals surface area contributed by atoms with Gasteiger partial charge in [-0.15, -0.1) is 0 Å². The van der Waals surface area contributed by atoms with Gasteiger partial charge in [0, 0.05) is 6.54 Å². The second kappa shape index (κ2) is 15.9. The normalized spacial score (nSPS) is 14.8. The third kappa shape index (κ3) is 12.5. The molecule has 204 valence electrons. The molecule has 0 aliphatic carbocycles. The summed E-state index contributed by atoms with van der Waals surface area (Å²) in [5.41, 5.74) is 26.3. The summed E-state index contributed by atoms with van der Waals surface area (Å²) in [4.78, 5) is 75.7. The predicted molar refractivity (Wildman–Crippen MR) is 128 cm³/mol. The number of nitrogens with two attached hydrogens (primary N) is 5. The van der Waals surface area contributed by atoms with Crippen LogP contribution in [0.2, 0.25) is 0 Å². The first-order valence-corrected chi connectivity index (χ1v) is 11.2. The van der Waals surface area contributed by atoms with E-state index in [1.807, 2.05) is 0 Å². The first-order valence-electron chi connectivity index (χ1n) is 11.2. The van der Waals surface area contributed by atoms with E-state index in [2.05, 4.69) is 20.9 Å². The third-order valence-corrected chi connectivity index (χ3v) is 5.15. The summed E-state index contributed by atoms with van der Waals surface area (Å²) in [6, 6.07) is -5.32. The Kier molecular flexibility index (Phi) is 14.1. The molecule has 0 heterocycles. The molecule has 0 bridgehead atoms. The summed E-state index contributed by atoms with van der Waals surface area (Å²) in [7, 11) is 0. The fourth-order valence-corrected chi connectivity index (χ4v) is 2.98. The van der Waals surface area contributed by atoms with Crippen LogP contribution in [0.15, 0.2) is 4.99 Å². The highest BCUT2D eigenvalue weighted by atomic mass is 16.4. The number of primary amides is 2. The second-order valence-corrected chi connectivity index (χ2v) is 8.23. The summed E-state index contributed by atoms with van der Waals surface area (Å²) in [6.07, 6.45) is -0.407. The average molecular weight is 516 g/mol. The lowest BCUT2D eigenvalue weighted by molar-refractivity contribution is -0.144. The predicted octanol–water partition coefficient (Wildman–Crippen LogP) is -4.30. The van der Waals surface area contributed by atoms with E-state index < -0.39 is 78.4 Å². The van der Waals surface area contributed by atoms with E-state index in [-0.39, 0.29) is 25.3 Å². The molecule has 0 saturated carbocycles. The van der Waals surface area contributed by atoms with E-state index in [0.717, 1.165) is 0 Å². The quantitative estimate of drug-likeness (QED) is 0.0509. The number of hydrogen-bond donors (Lipinski definition) is 9. The number of aliphatic carboxylic acids is 1. The van der Waals surface area contributed by atoms with Crippen molar-refractivity contribution in [2.24, 2.45) is 39.6 Å². The summed E-state index contributed by atoms with van der Waals surface area (Å²) in [6.45, 7) is 3.52. The molecule has 0 aliphatic rings. The SMILES string of the molecule is CCC(C)C(NC(=O)C(CCCN=C(N)N)NC(=O)C(N)CC(N)=O)C(=O)NC(CC(N)=O)C(=O)O. The van der Waals surface area contributed by atoms with Crippen molar-refractivity contribution in [2.45, 2.75) is 70.1 Å². The van der Waals surface area contributed by atoms with Crippen molar-refractivity contribution in [3.05, 3.63) is 0 Å². The minimum absolute atomic E-state index is 0.0336. The third-order valence-electron chi connectivity index (χ3n) is 5.15. The van der Waals surface area contributed by atoms with Gasteiger partial charge < -0.3 is 49.7 Å². The van der Waals surface area contributed by atoms with Gasteiger partial charge in [-0.2, -0.15) is 0 Å². The van der Waals surface area contributed by atoms with Crippen LogP contribution in [0.4, 0.5) is 0 Å². The van der Waals surface area contributed by atoms with E-state index in [0.29, 0.717) is 6.42 Å². The Balaban J connectivity index is 5.69. The van der Waals surface area contributed by atoms with Crippen LogP contribution in [0.3, 0.4) is 0 Å². The molecule has 0 aromatic carbocycles. The Hall–Kier alpha value is -3.95. The summed E-state index contributed by atoms with van der Waals surface area (Å²) in [5, 5.41) is 16.4. The lowest BCUT2D eigenvalue weighted by Gasteiger charge is -2.28. The molecule has 36 heavy (non-hydrogen) atoms. The van der Waals surface area contributed by atoms with Gasteiger partial charge in [0.25, 0.3) is 0 Å². The van der Waals surface area contributed by atoms with Crippen LogP contribution in [0.5, 0.6) is 0 Å². The minimum atomic E-state index is -1.60. The molecule has 0 aromatic heterocycles. The first-order chi connectivity index (χ1) is 16.7. The standard InChI is InChI=1S/C20H37N9O7/c1-3-9(2)15(18(34)28-12(19(35)36)8-14(23)31)29-17(33)11(5-4-6-26-20(24)25)27-16(32)10(21)7-13(22)30/h9-12,15H,3-8,21H2,1-2H3,(H2,22,30)(H2,23,31)(H,27,32)(H,28,34)(H,29,33)(H,35,36)(H4,24,25,26). The molecule has 16 heteroatoms. The number of amides is 5. The van der Waals surface area contributed by atoms with Crippen molar-refractivity contribution >= 4 is 41.5 Å². The van der Waals surface area contributed by atoms with Gasteiger partial charge in [0.2, 0.25) is 29.5 Å². The summed E-state index contributed by atoms with van der Waals surface area (Å²) in [5.74, 6) is -6.33. The average Bonchev–Trinajstić information content (AvgIpc) is 2.76. The van der Waals surface area contributed by atoms with Crippen molar-refractivity contribution in [1.29, 1.82) is 0 Å². The van der Waals surface area contributed by atoms with E-state index in [4.69, 9.17) is 28.7 Å². The maximum atomic E-state index is 13.1. The maximum Gasteiger partial charge on any atom is 0.326 e. The number of rotatable bonds is 17. The van der Waals surface area contributed by atoms with Gasteiger partial charge in [-0.3, -0.25) is 29.0 Å². The van der Waals surface area contributed by atoms with E-state index in [1.165, 1.54) is 0 Å². The Morgan fingerprint density at radius 2 is 1.39 bits per heavy atom. The number of guanidine groups is 1. The van der Waals surface area contributed by atoms with Crippen LogP contribution in [0.25, 0.3) is 0 Å². The highest BCUT2D eigenvalue weighted by molar-refractivity contribution is 5.95. The number of nitrogens with zero attached hydrogens (tertiary/aromatic N) is 1. The molecule has 16 nitrogen and oxygen atoms in total. The number of carbonyl (C=O) groups is 6. The zero-order chi connectivity index (χ0) is 28.0. The highest BCUT2D eigenvalue weighted by Gasteiger charge is 2.33. The number of nitrogens with one attached hydrogen (secondary N) is 3. The number of carbonyl (C=O) groups excluding carboxylic acids is 5. The highest BCUT2D eigenvalue weighted by Crippen LogP contribution is 2.10. The number of aliphatic imine (C=N–C) groups is 1. The first kappa shape index (κ1) is 32.0. The fourth-order valence-electron chi connectivity index (χ4n) is 2.98. The van der Waals surface area contributed by atoms with Gasteiger partial charge in [0.05, 0.1) is 18.9 Å². The van der Waals surface area contributed by atoms with Gasteiger partial charge >= 0.3 is 5.97 Å². The van der Waals surface area contributed by atoms with Crippen LogP contribution < -0.4 is 44.6 Å². The summed E-state index contributed by atoms with van der Waals surface area (Å²) < 4.78 is 0. The maximum absolute atomic E-state index is 13.1. The Labute approximate surface area is 208 Å². The number of carboxylic acid groups (broad SMARTS) is 1. The molecule has 5 atom stereocenters. The Morgan fingerprint density at radius 1 is 0.833 bits per heavy atom. The number of carboxylic acids is 1. The molecule has 0 rings (SSSR count). The molecule has 0 aliphatic heterocycles. The number of hydrogen-bond acceptors (Lipinski definition) is 8. The van der Waals surface area contributed by atoms with Crippen molar-refractivity contribution in [3.8, 4) is 0 Å². The zero-order valence-electron chi connectivity index (χ0n) is 20.4. The molecule has 0 fully saturated rings. The summed E-state index contributed by atoms with van der Waals surface area (Å²) >= 11 is 0. The molecule has 0 radical (unpaired) electrons. The Bertz CT molecular complexity index is 845. The zero-order valence-corrected chi connectivity index (χ0v) is 20.4. The van der Waals surface area contributed by atoms with E-state index in [1.54, 1.807) is 13.8 Å². The van der Waals surface area contributed by atoms with Crippen molar-refractivity contribution in [2.75, 3.05) is 6.54 Å². The van der Waals surface area contributed by atoms with Crippen LogP contribution in [-0.4, -0.2) is 77.3 Å². The largest absolute Gasteiger partial charge is 0.480 e. The van der Waals surface area contributed by atoms with Crippen LogP contribution >= 0.6 is 0 Å².